The minimum Gasteiger partial charge on any atom is -0.340 e. The van der Waals surface area contributed by atoms with E-state index in [1.165, 1.54) is 23.4 Å². The standard InChI is InChI=1S/C28H36N6O2/c1-3-33-13-15-34(16-14-33)28(36)25(32-27(35)22-10-11-23(18-29)31-19-22)5-4-12-30-26-17-24(26)21-8-6-20(2)7-9-21/h6-11,19,24-26,30H,3-5,12-17H2,1-2H3,(H,32,35)/t24-,25-,26+/m0/s1. The molecule has 0 unspecified atom stereocenters. The summed E-state index contributed by atoms with van der Waals surface area (Å²) in [5.74, 6) is 0.193. The Kier molecular flexibility index (Phi) is 8.68. The second kappa shape index (κ2) is 12.1. The van der Waals surface area contributed by atoms with E-state index in [1.54, 1.807) is 6.07 Å². The number of pyridine rings is 1. The average Bonchev–Trinajstić information content (AvgIpc) is 3.70. The molecule has 0 spiro atoms. The number of carbonyl (C=O) groups excluding carboxylic acids is 2. The molecule has 0 radical (unpaired) electrons. The van der Waals surface area contributed by atoms with E-state index in [0.29, 0.717) is 37.0 Å². The Morgan fingerprint density at radius 3 is 2.53 bits per heavy atom. The molecular formula is C28H36N6O2. The molecule has 2 amide bonds. The van der Waals surface area contributed by atoms with E-state index >= 15 is 0 Å². The summed E-state index contributed by atoms with van der Waals surface area (Å²) in [4.78, 5) is 34.4. The Hall–Kier alpha value is -3.28. The van der Waals surface area contributed by atoms with Crippen LogP contribution in [0.15, 0.2) is 42.6 Å². The number of likely N-dealkylation sites (N-methyl/N-ethyl adjacent to an activating group) is 1. The number of amides is 2. The smallest absolute Gasteiger partial charge is 0.253 e. The third-order valence-corrected chi connectivity index (χ3v) is 7.25. The second-order valence-corrected chi connectivity index (χ2v) is 9.79. The van der Waals surface area contributed by atoms with Gasteiger partial charge in [0.2, 0.25) is 5.91 Å². The molecule has 8 heteroatoms. The van der Waals surface area contributed by atoms with Gasteiger partial charge >= 0.3 is 0 Å². The van der Waals surface area contributed by atoms with Crippen LogP contribution in [-0.4, -0.2) is 78.0 Å². The third kappa shape index (κ3) is 6.68. The number of hydrogen-bond acceptors (Lipinski definition) is 6. The highest BCUT2D eigenvalue weighted by Gasteiger charge is 2.37. The van der Waals surface area contributed by atoms with Gasteiger partial charge in [-0.25, -0.2) is 4.98 Å². The van der Waals surface area contributed by atoms with Crippen molar-refractivity contribution in [2.75, 3.05) is 39.3 Å². The van der Waals surface area contributed by atoms with E-state index < -0.39 is 6.04 Å². The SMILES string of the molecule is CCN1CCN(C(=O)[C@H](CCCN[C@@H]2C[C@H]2c2ccc(C)cc2)NC(=O)c2ccc(C#N)nc2)CC1. The van der Waals surface area contributed by atoms with E-state index in [2.05, 4.69) is 58.6 Å². The van der Waals surface area contributed by atoms with Crippen LogP contribution < -0.4 is 10.6 Å². The first-order chi connectivity index (χ1) is 17.5. The fraction of sp³-hybridized carbons (Fsp3) is 0.500. The molecule has 1 aliphatic heterocycles. The van der Waals surface area contributed by atoms with Gasteiger partial charge in [-0.2, -0.15) is 5.26 Å². The molecule has 1 saturated carbocycles. The molecule has 3 atom stereocenters. The summed E-state index contributed by atoms with van der Waals surface area (Å²) in [5, 5.41) is 15.5. The molecule has 4 rings (SSSR count). The van der Waals surface area contributed by atoms with Crippen molar-refractivity contribution in [3.63, 3.8) is 0 Å². The number of aromatic nitrogens is 1. The number of nitrogens with one attached hydrogen (secondary N) is 2. The highest BCUT2D eigenvalue weighted by molar-refractivity contribution is 5.97. The van der Waals surface area contributed by atoms with Gasteiger partial charge < -0.3 is 20.4 Å². The average molecular weight is 489 g/mol. The van der Waals surface area contributed by atoms with E-state index in [4.69, 9.17) is 5.26 Å². The highest BCUT2D eigenvalue weighted by atomic mass is 16.2. The summed E-state index contributed by atoms with van der Waals surface area (Å²) in [5.41, 5.74) is 3.25. The van der Waals surface area contributed by atoms with Crippen LogP contribution in [0.5, 0.6) is 0 Å². The zero-order valence-corrected chi connectivity index (χ0v) is 21.2. The lowest BCUT2D eigenvalue weighted by molar-refractivity contribution is -0.135. The van der Waals surface area contributed by atoms with Crippen molar-refractivity contribution in [2.45, 2.75) is 51.1 Å². The topological polar surface area (TPSA) is 101 Å². The van der Waals surface area contributed by atoms with E-state index in [9.17, 15) is 9.59 Å². The predicted molar refractivity (Wildman–Crippen MR) is 138 cm³/mol. The predicted octanol–water partition coefficient (Wildman–Crippen LogP) is 2.45. The summed E-state index contributed by atoms with van der Waals surface area (Å²) >= 11 is 0. The summed E-state index contributed by atoms with van der Waals surface area (Å²) in [6, 6.07) is 13.7. The van der Waals surface area contributed by atoms with E-state index in [0.717, 1.165) is 39.0 Å². The summed E-state index contributed by atoms with van der Waals surface area (Å²) in [6.07, 6.45) is 3.87. The number of piperazine rings is 1. The molecule has 8 nitrogen and oxygen atoms in total. The minimum absolute atomic E-state index is 0.0235. The molecule has 36 heavy (non-hydrogen) atoms. The quantitative estimate of drug-likeness (QED) is 0.498. The molecule has 2 N–H and O–H groups in total. The van der Waals surface area contributed by atoms with Gasteiger partial charge in [-0.15, -0.1) is 0 Å². The van der Waals surface area contributed by atoms with Gasteiger partial charge in [0.05, 0.1) is 5.56 Å². The van der Waals surface area contributed by atoms with Crippen molar-refractivity contribution >= 4 is 11.8 Å². The zero-order chi connectivity index (χ0) is 25.5. The molecule has 1 aliphatic carbocycles. The highest BCUT2D eigenvalue weighted by Crippen LogP contribution is 2.40. The molecule has 2 aromatic rings. The maximum atomic E-state index is 13.4. The first kappa shape index (κ1) is 25.8. The molecular weight excluding hydrogens is 452 g/mol. The number of nitriles is 1. The van der Waals surface area contributed by atoms with Crippen LogP contribution in [0.3, 0.4) is 0 Å². The van der Waals surface area contributed by atoms with Gasteiger partial charge in [-0.1, -0.05) is 36.8 Å². The molecule has 1 aromatic heterocycles. The van der Waals surface area contributed by atoms with Crippen LogP contribution in [0.25, 0.3) is 0 Å². The van der Waals surface area contributed by atoms with Crippen molar-refractivity contribution < 1.29 is 9.59 Å². The van der Waals surface area contributed by atoms with Crippen LogP contribution in [0.1, 0.15) is 59.3 Å². The van der Waals surface area contributed by atoms with Crippen molar-refractivity contribution in [3.8, 4) is 6.07 Å². The van der Waals surface area contributed by atoms with Crippen LogP contribution in [0.2, 0.25) is 0 Å². The monoisotopic (exact) mass is 488 g/mol. The van der Waals surface area contributed by atoms with Gasteiger partial charge in [0.15, 0.2) is 0 Å². The molecule has 1 aromatic carbocycles. The van der Waals surface area contributed by atoms with Crippen LogP contribution >= 0.6 is 0 Å². The lowest BCUT2D eigenvalue weighted by Gasteiger charge is -2.36. The van der Waals surface area contributed by atoms with Crippen molar-refractivity contribution in [1.29, 1.82) is 5.26 Å². The Balaban J connectivity index is 1.31. The fourth-order valence-corrected chi connectivity index (χ4v) is 4.79. The molecule has 2 fully saturated rings. The Morgan fingerprint density at radius 1 is 1.14 bits per heavy atom. The lowest BCUT2D eigenvalue weighted by atomic mass is 10.1. The third-order valence-electron chi connectivity index (χ3n) is 7.25. The van der Waals surface area contributed by atoms with Gasteiger partial charge in [0, 0.05) is 44.3 Å². The number of benzene rings is 1. The number of rotatable bonds is 10. The van der Waals surface area contributed by atoms with Crippen LogP contribution in [0, 0.1) is 18.3 Å². The Labute approximate surface area is 213 Å². The maximum Gasteiger partial charge on any atom is 0.253 e. The number of aryl methyl sites for hydroxylation is 1. The van der Waals surface area contributed by atoms with E-state index in [-0.39, 0.29) is 17.5 Å². The summed E-state index contributed by atoms with van der Waals surface area (Å²) in [6.45, 7) is 9.07. The van der Waals surface area contributed by atoms with Crippen LogP contribution in [0.4, 0.5) is 0 Å². The van der Waals surface area contributed by atoms with Gasteiger partial charge in [-0.05, 0) is 57.0 Å². The summed E-state index contributed by atoms with van der Waals surface area (Å²) in [7, 11) is 0. The Morgan fingerprint density at radius 2 is 1.89 bits per heavy atom. The normalized spacial score (nSPS) is 20.4. The van der Waals surface area contributed by atoms with Crippen molar-refractivity contribution in [2.24, 2.45) is 0 Å². The van der Waals surface area contributed by atoms with Gasteiger partial charge in [0.25, 0.3) is 5.91 Å². The van der Waals surface area contributed by atoms with Gasteiger partial charge in [-0.3, -0.25) is 9.59 Å². The first-order valence-corrected chi connectivity index (χ1v) is 13.0. The van der Waals surface area contributed by atoms with Crippen molar-refractivity contribution in [1.82, 2.24) is 25.4 Å². The largest absolute Gasteiger partial charge is 0.340 e. The van der Waals surface area contributed by atoms with Crippen LogP contribution in [-0.2, 0) is 4.79 Å². The Bertz CT molecular complexity index is 1070. The minimum atomic E-state index is -0.588. The molecule has 190 valence electrons. The van der Waals surface area contributed by atoms with E-state index in [1.807, 2.05) is 11.0 Å². The summed E-state index contributed by atoms with van der Waals surface area (Å²) < 4.78 is 0. The van der Waals surface area contributed by atoms with Crippen molar-refractivity contribution in [3.05, 3.63) is 65.0 Å². The number of carbonyl (C=O) groups is 2. The maximum absolute atomic E-state index is 13.4. The lowest BCUT2D eigenvalue weighted by Crippen LogP contribution is -2.55. The number of hydrogen-bond donors (Lipinski definition) is 2. The first-order valence-electron chi connectivity index (χ1n) is 13.0. The van der Waals surface area contributed by atoms with Gasteiger partial charge in [0.1, 0.15) is 17.8 Å². The zero-order valence-electron chi connectivity index (χ0n) is 21.2. The molecule has 1 saturated heterocycles. The number of nitrogens with zero attached hydrogens (tertiary/aromatic N) is 4. The molecule has 0 bridgehead atoms. The second-order valence-electron chi connectivity index (χ2n) is 9.79. The fourth-order valence-electron chi connectivity index (χ4n) is 4.79. The molecule has 2 heterocycles. The molecule has 2 aliphatic rings.